The molecule has 7 heteroatoms. The van der Waals surface area contributed by atoms with Gasteiger partial charge in [-0.1, -0.05) is 5.16 Å². The first-order valence-corrected chi connectivity index (χ1v) is 6.14. The number of hydrogen-bond acceptors (Lipinski definition) is 7. The van der Waals surface area contributed by atoms with Crippen LogP contribution in [0.25, 0.3) is 0 Å². The van der Waals surface area contributed by atoms with Crippen molar-refractivity contribution in [1.29, 1.82) is 0 Å². The van der Waals surface area contributed by atoms with E-state index in [9.17, 15) is 0 Å². The van der Waals surface area contributed by atoms with Crippen LogP contribution in [0.4, 0.5) is 5.95 Å². The van der Waals surface area contributed by atoms with Crippen molar-refractivity contribution in [3.63, 3.8) is 0 Å². The van der Waals surface area contributed by atoms with Gasteiger partial charge in [-0.05, 0) is 20.9 Å². The summed E-state index contributed by atoms with van der Waals surface area (Å²) in [5.74, 6) is 1.32. The maximum Gasteiger partial charge on any atom is 0.222 e. The summed E-state index contributed by atoms with van der Waals surface area (Å²) in [5, 5.41) is 6.93. The molecule has 0 aliphatic heterocycles. The quantitative estimate of drug-likeness (QED) is 0.840. The van der Waals surface area contributed by atoms with Crippen LogP contribution in [0.5, 0.6) is 0 Å². The normalized spacial score (nSPS) is 11.2. The fourth-order valence-corrected chi connectivity index (χ4v) is 1.64. The molecule has 0 aromatic carbocycles. The Morgan fingerprint density at radius 1 is 1.21 bits per heavy atom. The Morgan fingerprint density at radius 3 is 2.53 bits per heavy atom. The molecule has 7 nitrogen and oxygen atoms in total. The zero-order valence-corrected chi connectivity index (χ0v) is 11.4. The third kappa shape index (κ3) is 4.29. The monoisotopic (exact) mass is 262 g/mol. The molecule has 0 radical (unpaired) electrons. The molecule has 0 saturated carbocycles. The molecule has 2 aromatic rings. The summed E-state index contributed by atoms with van der Waals surface area (Å²) in [6.07, 6.45) is 4.98. The predicted octanol–water partition coefficient (Wildman–Crippen LogP) is 1.31. The maximum atomic E-state index is 4.70. The van der Waals surface area contributed by atoms with Crippen LogP contribution in [0.2, 0.25) is 0 Å². The van der Waals surface area contributed by atoms with Crippen LogP contribution in [-0.2, 0) is 13.1 Å². The van der Waals surface area contributed by atoms with Gasteiger partial charge in [-0.15, -0.1) is 0 Å². The second kappa shape index (κ2) is 6.24. The molecule has 0 aliphatic carbocycles. The van der Waals surface area contributed by atoms with E-state index in [1.54, 1.807) is 0 Å². The number of nitrogens with one attached hydrogen (secondary N) is 1. The van der Waals surface area contributed by atoms with Crippen LogP contribution in [0.1, 0.15) is 25.2 Å². The zero-order chi connectivity index (χ0) is 13.7. The fourth-order valence-electron chi connectivity index (χ4n) is 1.64. The van der Waals surface area contributed by atoms with E-state index in [0.29, 0.717) is 24.4 Å². The molecular weight excluding hydrogens is 244 g/mol. The molecule has 2 heterocycles. The van der Waals surface area contributed by atoms with Crippen LogP contribution in [0.15, 0.2) is 23.3 Å². The summed E-state index contributed by atoms with van der Waals surface area (Å²) in [6, 6.07) is 0.326. The number of anilines is 1. The Hall–Kier alpha value is -2.02. The lowest BCUT2D eigenvalue weighted by Gasteiger charge is -2.14. The Labute approximate surface area is 112 Å². The molecule has 19 heavy (non-hydrogen) atoms. The van der Waals surface area contributed by atoms with Crippen molar-refractivity contribution in [2.24, 2.45) is 0 Å². The Bertz CT molecular complexity index is 481. The lowest BCUT2D eigenvalue weighted by atomic mass is 10.3. The van der Waals surface area contributed by atoms with Crippen molar-refractivity contribution in [3.8, 4) is 0 Å². The first-order valence-electron chi connectivity index (χ1n) is 6.14. The van der Waals surface area contributed by atoms with E-state index in [0.717, 1.165) is 12.1 Å². The summed E-state index contributed by atoms with van der Waals surface area (Å²) >= 11 is 0. The van der Waals surface area contributed by atoms with Crippen molar-refractivity contribution in [1.82, 2.24) is 25.0 Å². The van der Waals surface area contributed by atoms with Crippen molar-refractivity contribution >= 4 is 5.95 Å². The number of nitrogens with zero attached hydrogens (tertiary/aromatic N) is 5. The molecule has 0 saturated heterocycles. The summed E-state index contributed by atoms with van der Waals surface area (Å²) in [6.45, 7) is 5.46. The van der Waals surface area contributed by atoms with Gasteiger partial charge >= 0.3 is 0 Å². The van der Waals surface area contributed by atoms with Gasteiger partial charge in [0.25, 0.3) is 0 Å². The minimum Gasteiger partial charge on any atom is -0.352 e. The van der Waals surface area contributed by atoms with Gasteiger partial charge in [0, 0.05) is 30.5 Å². The van der Waals surface area contributed by atoms with Crippen LogP contribution >= 0.6 is 0 Å². The second-order valence-corrected chi connectivity index (χ2v) is 4.73. The zero-order valence-electron chi connectivity index (χ0n) is 11.4. The first-order chi connectivity index (χ1) is 9.13. The standard InChI is InChI=1S/C12H18N6O/c1-9(2)16-12-13-4-10(5-14-12)6-18(3)7-11-15-8-19-17-11/h4-5,8-9H,6-7H2,1-3H3,(H,13,14,16). The molecule has 0 aliphatic rings. The molecule has 0 unspecified atom stereocenters. The minimum atomic E-state index is 0.326. The van der Waals surface area contributed by atoms with Crippen molar-refractivity contribution in [2.75, 3.05) is 12.4 Å². The molecule has 2 rings (SSSR count). The van der Waals surface area contributed by atoms with Gasteiger partial charge in [0.05, 0.1) is 6.54 Å². The molecular formula is C12H18N6O. The largest absolute Gasteiger partial charge is 0.352 e. The number of hydrogen-bond donors (Lipinski definition) is 1. The second-order valence-electron chi connectivity index (χ2n) is 4.73. The summed E-state index contributed by atoms with van der Waals surface area (Å²) in [7, 11) is 1.98. The van der Waals surface area contributed by atoms with E-state index in [1.165, 1.54) is 6.39 Å². The maximum absolute atomic E-state index is 4.70. The fraction of sp³-hybridized carbons (Fsp3) is 0.500. The van der Waals surface area contributed by atoms with Gasteiger partial charge in [0.15, 0.2) is 5.82 Å². The van der Waals surface area contributed by atoms with Gasteiger partial charge in [0.1, 0.15) is 0 Å². The van der Waals surface area contributed by atoms with Crippen molar-refractivity contribution in [3.05, 3.63) is 30.2 Å². The van der Waals surface area contributed by atoms with E-state index in [4.69, 9.17) is 4.52 Å². The Morgan fingerprint density at radius 2 is 1.95 bits per heavy atom. The summed E-state index contributed by atoms with van der Waals surface area (Å²) < 4.78 is 4.70. The van der Waals surface area contributed by atoms with Crippen molar-refractivity contribution in [2.45, 2.75) is 33.0 Å². The predicted molar refractivity (Wildman–Crippen MR) is 70.3 cm³/mol. The summed E-state index contributed by atoms with van der Waals surface area (Å²) in [5.41, 5.74) is 1.04. The average Bonchev–Trinajstić information content (AvgIpc) is 2.83. The molecule has 0 amide bonds. The molecule has 0 spiro atoms. The third-order valence-electron chi connectivity index (χ3n) is 2.39. The Balaban J connectivity index is 1.88. The molecule has 0 bridgehead atoms. The minimum absolute atomic E-state index is 0.326. The van der Waals surface area contributed by atoms with E-state index in [1.807, 2.05) is 19.4 Å². The van der Waals surface area contributed by atoms with Crippen molar-refractivity contribution < 1.29 is 4.52 Å². The van der Waals surface area contributed by atoms with Gasteiger partial charge in [-0.3, -0.25) is 4.90 Å². The van der Waals surface area contributed by atoms with E-state index in [-0.39, 0.29) is 0 Å². The smallest absolute Gasteiger partial charge is 0.222 e. The van der Waals surface area contributed by atoms with E-state index in [2.05, 4.69) is 44.2 Å². The van der Waals surface area contributed by atoms with Gasteiger partial charge in [-0.25, -0.2) is 9.97 Å². The summed E-state index contributed by atoms with van der Waals surface area (Å²) in [4.78, 5) is 14.6. The molecule has 102 valence electrons. The molecule has 2 aromatic heterocycles. The van der Waals surface area contributed by atoms with Gasteiger partial charge in [0.2, 0.25) is 12.3 Å². The van der Waals surface area contributed by atoms with Gasteiger partial charge in [-0.2, -0.15) is 4.98 Å². The number of rotatable bonds is 6. The molecule has 0 fully saturated rings. The SMILES string of the molecule is CC(C)Nc1ncc(CN(C)Cc2ncon2)cn1. The number of aromatic nitrogens is 4. The van der Waals surface area contributed by atoms with Crippen LogP contribution in [0, 0.1) is 0 Å². The highest BCUT2D eigenvalue weighted by atomic mass is 16.5. The highest BCUT2D eigenvalue weighted by Crippen LogP contribution is 2.06. The highest BCUT2D eigenvalue weighted by molar-refractivity contribution is 5.25. The van der Waals surface area contributed by atoms with Crippen LogP contribution < -0.4 is 5.32 Å². The lowest BCUT2D eigenvalue weighted by molar-refractivity contribution is 0.301. The molecule has 1 N–H and O–H groups in total. The molecule has 0 atom stereocenters. The lowest BCUT2D eigenvalue weighted by Crippen LogP contribution is -2.19. The van der Waals surface area contributed by atoms with Gasteiger partial charge < -0.3 is 9.84 Å². The van der Waals surface area contributed by atoms with E-state index < -0.39 is 0 Å². The van der Waals surface area contributed by atoms with E-state index >= 15 is 0 Å². The van der Waals surface area contributed by atoms with Crippen LogP contribution in [-0.4, -0.2) is 38.1 Å². The first kappa shape index (κ1) is 13.4. The Kier molecular flexibility index (Phi) is 4.40. The average molecular weight is 262 g/mol. The van der Waals surface area contributed by atoms with Crippen LogP contribution in [0.3, 0.4) is 0 Å². The topological polar surface area (TPSA) is 80.0 Å². The highest BCUT2D eigenvalue weighted by Gasteiger charge is 2.06. The third-order valence-corrected chi connectivity index (χ3v) is 2.39.